The first-order valence-corrected chi connectivity index (χ1v) is 23.8. The summed E-state index contributed by atoms with van der Waals surface area (Å²) in [5.41, 5.74) is 24.6. The van der Waals surface area contributed by atoms with Crippen molar-refractivity contribution in [2.24, 2.45) is 0 Å². The van der Waals surface area contributed by atoms with E-state index in [1.54, 1.807) is 0 Å². The van der Waals surface area contributed by atoms with Crippen molar-refractivity contribution in [3.05, 3.63) is 200 Å². The van der Waals surface area contributed by atoms with Gasteiger partial charge in [-0.25, -0.2) is 0 Å². The molecule has 0 N–H and O–H groups in total. The highest BCUT2D eigenvalue weighted by Gasteiger charge is 2.58. The molecule has 0 spiro atoms. The number of alkyl halides is 3. The Morgan fingerprint density at radius 3 is 1.00 bits per heavy atom. The van der Waals surface area contributed by atoms with Crippen molar-refractivity contribution in [1.82, 2.24) is 0 Å². The second-order valence-electron chi connectivity index (χ2n) is 22.0. The molecule has 4 aliphatic rings. The second-order valence-corrected chi connectivity index (χ2v) is 22.0. The van der Waals surface area contributed by atoms with E-state index < -0.39 is 11.6 Å². The lowest BCUT2D eigenvalue weighted by atomic mass is 9.76. The molecule has 0 bridgehead atoms. The van der Waals surface area contributed by atoms with Crippen LogP contribution in [0.25, 0.3) is 77.9 Å². The van der Waals surface area contributed by atoms with Crippen LogP contribution in [0.5, 0.6) is 0 Å². The first-order chi connectivity index (χ1) is 31.6. The minimum absolute atomic E-state index is 0.0952. The van der Waals surface area contributed by atoms with Gasteiger partial charge in [-0.2, -0.15) is 13.2 Å². The maximum atomic E-state index is 16.1. The molecular weight excluding hydrogens is 826 g/mol. The summed E-state index contributed by atoms with van der Waals surface area (Å²) >= 11 is 0. The lowest BCUT2D eigenvalue weighted by molar-refractivity contribution is -0.172. The van der Waals surface area contributed by atoms with E-state index in [1.807, 2.05) is 31.2 Å². The van der Waals surface area contributed by atoms with Crippen LogP contribution in [0.15, 0.2) is 133 Å². The van der Waals surface area contributed by atoms with E-state index in [0.717, 1.165) is 38.9 Å². The van der Waals surface area contributed by atoms with Gasteiger partial charge in [-0.1, -0.05) is 139 Å². The Hall–Kier alpha value is -6.45. The van der Waals surface area contributed by atoms with Crippen molar-refractivity contribution >= 4 is 0 Å². The summed E-state index contributed by atoms with van der Waals surface area (Å²) < 4.78 is 48.2. The van der Waals surface area contributed by atoms with Gasteiger partial charge < -0.3 is 0 Å². The Kier molecular flexibility index (Phi) is 8.37. The molecule has 0 amide bonds. The van der Waals surface area contributed by atoms with Crippen LogP contribution in [0, 0.1) is 27.7 Å². The fourth-order valence-electron chi connectivity index (χ4n) is 13.1. The normalized spacial score (nSPS) is 18.1. The highest BCUT2D eigenvalue weighted by molar-refractivity contribution is 5.93. The predicted molar refractivity (Wildman–Crippen MR) is 272 cm³/mol. The Morgan fingerprint density at radius 2 is 0.582 bits per heavy atom. The van der Waals surface area contributed by atoms with Gasteiger partial charge in [-0.3, -0.25) is 0 Å². The number of hydrogen-bond acceptors (Lipinski definition) is 0. The van der Waals surface area contributed by atoms with Gasteiger partial charge in [0.2, 0.25) is 0 Å². The molecule has 0 radical (unpaired) electrons. The summed E-state index contributed by atoms with van der Waals surface area (Å²) in [6, 6.07) is 47.8. The summed E-state index contributed by atoms with van der Waals surface area (Å²) in [5.74, 6) is 0. The second kappa shape index (κ2) is 13.4. The van der Waals surface area contributed by atoms with Crippen LogP contribution in [0.4, 0.5) is 13.2 Å². The van der Waals surface area contributed by atoms with E-state index in [0.29, 0.717) is 22.3 Å². The van der Waals surface area contributed by atoms with E-state index in [2.05, 4.69) is 172 Å². The quantitative estimate of drug-likeness (QED) is 0.166. The van der Waals surface area contributed by atoms with Gasteiger partial charge in [0.1, 0.15) is 5.41 Å². The number of rotatable bonds is 3. The Labute approximate surface area is 393 Å². The highest BCUT2D eigenvalue weighted by Crippen LogP contribution is 2.60. The van der Waals surface area contributed by atoms with Crippen LogP contribution >= 0.6 is 0 Å². The first kappa shape index (κ1) is 41.9. The van der Waals surface area contributed by atoms with Crippen molar-refractivity contribution in [3.8, 4) is 77.9 Å². The minimum atomic E-state index is -4.54. The molecule has 1 unspecified atom stereocenters. The van der Waals surface area contributed by atoms with E-state index >= 15 is 13.2 Å². The Morgan fingerprint density at radius 1 is 0.284 bits per heavy atom. The van der Waals surface area contributed by atoms with Gasteiger partial charge in [0.05, 0.1) is 0 Å². The van der Waals surface area contributed by atoms with E-state index in [1.165, 1.54) is 90.4 Å². The predicted octanol–water partition coefficient (Wildman–Crippen LogP) is 17.7. The topological polar surface area (TPSA) is 0 Å². The number of fused-ring (bicyclic) bond motifs is 12. The summed E-state index contributed by atoms with van der Waals surface area (Å²) in [6.07, 6.45) is -4.54. The number of hydrogen-bond donors (Lipinski definition) is 0. The summed E-state index contributed by atoms with van der Waals surface area (Å²) in [4.78, 5) is 0. The average Bonchev–Trinajstić information content (AvgIpc) is 3.85. The van der Waals surface area contributed by atoms with Crippen molar-refractivity contribution in [2.75, 3.05) is 0 Å². The smallest absolute Gasteiger partial charge is 0.170 e. The third-order valence-corrected chi connectivity index (χ3v) is 17.1. The van der Waals surface area contributed by atoms with Crippen molar-refractivity contribution < 1.29 is 13.2 Å². The van der Waals surface area contributed by atoms with Crippen LogP contribution in [0.1, 0.15) is 115 Å². The molecule has 8 aromatic carbocycles. The SMILES string of the molecule is Cc1cc2c(cc1-c1ccc3c(c1)C(C)(C)c1ccccc1-3)C(C)(C)c1cc(-c3cc4c(cc3C)-c3cc(C)c(-c5ccc6c(c5)C(C)(C)c5ccccc5-6)cc3C4(C)C(F)(F)F)c(C)cc1-2. The molecular formula is C64H55F3. The molecule has 0 saturated carbocycles. The van der Waals surface area contributed by atoms with Crippen LogP contribution < -0.4 is 0 Å². The lowest BCUT2D eigenvalue weighted by Crippen LogP contribution is -2.39. The minimum Gasteiger partial charge on any atom is -0.170 e. The molecule has 0 heterocycles. The summed E-state index contributed by atoms with van der Waals surface area (Å²) in [6.45, 7) is 23.6. The van der Waals surface area contributed by atoms with Crippen LogP contribution in [-0.2, 0) is 21.7 Å². The van der Waals surface area contributed by atoms with Gasteiger partial charge in [0.15, 0.2) is 0 Å². The third kappa shape index (κ3) is 5.43. The molecule has 0 aromatic heterocycles. The van der Waals surface area contributed by atoms with Crippen molar-refractivity contribution in [2.45, 2.75) is 104 Å². The van der Waals surface area contributed by atoms with Gasteiger partial charge >= 0.3 is 6.18 Å². The van der Waals surface area contributed by atoms with Gasteiger partial charge in [-0.15, -0.1) is 0 Å². The van der Waals surface area contributed by atoms with Crippen LogP contribution in [0.3, 0.4) is 0 Å². The largest absolute Gasteiger partial charge is 0.402 e. The average molecular weight is 881 g/mol. The van der Waals surface area contributed by atoms with Gasteiger partial charge in [0, 0.05) is 16.2 Å². The zero-order valence-electron chi connectivity index (χ0n) is 40.3. The van der Waals surface area contributed by atoms with Crippen molar-refractivity contribution in [1.29, 1.82) is 0 Å². The molecule has 332 valence electrons. The molecule has 0 aliphatic heterocycles. The third-order valence-electron chi connectivity index (χ3n) is 17.1. The molecule has 0 fully saturated rings. The van der Waals surface area contributed by atoms with E-state index in [-0.39, 0.29) is 16.2 Å². The zero-order chi connectivity index (χ0) is 47.1. The standard InChI is InChI=1S/C64H55F3/c1-34-24-48-49-26-36(3)46(32-57(49)62(9,10)56(48)30-44(34)38-20-22-42-40-16-12-14-18-52(40)60(5,6)54(42)28-38)47-33-59-51(27-37(47)4)50-25-35(2)45(31-58(50)63(59,11)64(65,66)67)39-21-23-43-41-17-13-15-19-53(41)61(7,8)55(43)29-39/h12-33H,1-11H3. The summed E-state index contributed by atoms with van der Waals surface area (Å²) in [5, 5.41) is 0. The number of benzene rings is 8. The summed E-state index contributed by atoms with van der Waals surface area (Å²) in [7, 11) is 0. The van der Waals surface area contributed by atoms with Crippen LogP contribution in [0.2, 0.25) is 0 Å². The molecule has 0 saturated heterocycles. The maximum absolute atomic E-state index is 16.1. The fraction of sp³-hybridized carbons (Fsp3) is 0.250. The molecule has 8 aromatic rings. The molecule has 67 heavy (non-hydrogen) atoms. The highest BCUT2D eigenvalue weighted by atomic mass is 19.4. The number of halogens is 3. The van der Waals surface area contributed by atoms with Crippen molar-refractivity contribution in [3.63, 3.8) is 0 Å². The monoisotopic (exact) mass is 880 g/mol. The zero-order valence-corrected chi connectivity index (χ0v) is 40.3. The first-order valence-electron chi connectivity index (χ1n) is 23.8. The number of aryl methyl sites for hydroxylation is 4. The molecule has 1 atom stereocenters. The fourth-order valence-corrected chi connectivity index (χ4v) is 13.1. The molecule has 12 rings (SSSR count). The molecule has 0 nitrogen and oxygen atoms in total. The Bertz CT molecular complexity index is 3530. The maximum Gasteiger partial charge on any atom is 0.402 e. The molecule has 3 heteroatoms. The van der Waals surface area contributed by atoms with E-state index in [4.69, 9.17) is 0 Å². The van der Waals surface area contributed by atoms with Gasteiger partial charge in [0.25, 0.3) is 0 Å². The molecule has 4 aliphatic carbocycles. The van der Waals surface area contributed by atoms with Gasteiger partial charge in [-0.05, 0) is 216 Å². The Balaban J connectivity index is 0.943. The van der Waals surface area contributed by atoms with Crippen LogP contribution in [-0.4, -0.2) is 6.18 Å². The lowest BCUT2D eigenvalue weighted by Gasteiger charge is -2.31. The van der Waals surface area contributed by atoms with E-state index in [9.17, 15) is 0 Å².